The Hall–Kier alpha value is -0.580. The van der Waals surface area contributed by atoms with Crippen molar-refractivity contribution in [3.05, 3.63) is 28.2 Å². The first-order valence-electron chi connectivity index (χ1n) is 5.79. The number of hydrogen-bond acceptors (Lipinski definition) is 3. The molecule has 17 heavy (non-hydrogen) atoms. The van der Waals surface area contributed by atoms with Crippen molar-refractivity contribution in [3.8, 4) is 5.75 Å². The molecule has 0 heterocycles. The van der Waals surface area contributed by atoms with Gasteiger partial charge in [-0.05, 0) is 43.7 Å². The summed E-state index contributed by atoms with van der Waals surface area (Å²) in [5, 5.41) is 8.77. The molecule has 0 radical (unpaired) electrons. The number of hydrogen-bond donors (Lipinski definition) is 1. The lowest BCUT2D eigenvalue weighted by molar-refractivity contribution is 0.248. The molecule has 0 aliphatic heterocycles. The molecule has 0 amide bonds. The Bertz CT molecular complexity index is 344. The minimum Gasteiger partial charge on any atom is -0.496 e. The zero-order chi connectivity index (χ0) is 12.7. The van der Waals surface area contributed by atoms with Gasteiger partial charge < -0.3 is 14.7 Å². The molecule has 1 N–H and O–H groups in total. The maximum absolute atomic E-state index is 8.77. The van der Waals surface area contributed by atoms with E-state index < -0.39 is 0 Å². The Morgan fingerprint density at radius 2 is 2.12 bits per heavy atom. The lowest BCUT2D eigenvalue weighted by Gasteiger charge is -2.17. The van der Waals surface area contributed by atoms with Crippen LogP contribution < -0.4 is 4.74 Å². The summed E-state index contributed by atoms with van der Waals surface area (Å²) in [5.41, 5.74) is 1.21. The van der Waals surface area contributed by atoms with E-state index in [9.17, 15) is 0 Å². The van der Waals surface area contributed by atoms with E-state index in [0.29, 0.717) is 0 Å². The van der Waals surface area contributed by atoms with Gasteiger partial charge in [-0.25, -0.2) is 0 Å². The summed E-state index contributed by atoms with van der Waals surface area (Å²) < 4.78 is 6.41. The summed E-state index contributed by atoms with van der Waals surface area (Å²) in [6.07, 6.45) is 1.77. The summed E-state index contributed by atoms with van der Waals surface area (Å²) in [5.74, 6) is 0.934. The smallest absolute Gasteiger partial charge is 0.122 e. The Morgan fingerprint density at radius 1 is 1.35 bits per heavy atom. The molecule has 96 valence electrons. The fourth-order valence-electron chi connectivity index (χ4n) is 1.71. The van der Waals surface area contributed by atoms with E-state index >= 15 is 0 Å². The molecule has 1 rings (SSSR count). The first kappa shape index (κ1) is 14.5. The zero-order valence-corrected chi connectivity index (χ0v) is 12.0. The van der Waals surface area contributed by atoms with Gasteiger partial charge in [-0.2, -0.15) is 0 Å². The average Bonchev–Trinajstić information content (AvgIpc) is 2.34. The number of aliphatic hydroxyl groups is 1. The first-order chi connectivity index (χ1) is 8.17. The Morgan fingerprint density at radius 3 is 2.76 bits per heavy atom. The number of ether oxygens (including phenoxy) is 1. The van der Waals surface area contributed by atoms with Crippen molar-refractivity contribution < 1.29 is 9.84 Å². The normalized spacial score (nSPS) is 10.9. The summed E-state index contributed by atoms with van der Waals surface area (Å²) in [6.45, 7) is 2.14. The topological polar surface area (TPSA) is 32.7 Å². The average molecular weight is 302 g/mol. The fourth-order valence-corrected chi connectivity index (χ4v) is 2.11. The van der Waals surface area contributed by atoms with Gasteiger partial charge in [0.1, 0.15) is 5.75 Å². The molecule has 1 aromatic rings. The van der Waals surface area contributed by atoms with Gasteiger partial charge in [0, 0.05) is 24.2 Å². The molecule has 0 aromatic heterocycles. The van der Waals surface area contributed by atoms with Gasteiger partial charge >= 0.3 is 0 Å². The van der Waals surface area contributed by atoms with Crippen molar-refractivity contribution in [1.29, 1.82) is 0 Å². The van der Waals surface area contributed by atoms with Gasteiger partial charge in [0.05, 0.1) is 7.11 Å². The molecule has 0 saturated carbocycles. The largest absolute Gasteiger partial charge is 0.496 e. The molecule has 0 bridgehead atoms. The van der Waals surface area contributed by atoms with Gasteiger partial charge in [0.2, 0.25) is 0 Å². The molecule has 0 fully saturated rings. The van der Waals surface area contributed by atoms with E-state index in [4.69, 9.17) is 9.84 Å². The summed E-state index contributed by atoms with van der Waals surface area (Å²) in [7, 11) is 3.77. The van der Waals surface area contributed by atoms with E-state index in [1.54, 1.807) is 7.11 Å². The predicted molar refractivity (Wildman–Crippen MR) is 73.6 cm³/mol. The fraction of sp³-hybridized carbons (Fsp3) is 0.538. The van der Waals surface area contributed by atoms with Crippen LogP contribution in [-0.4, -0.2) is 43.9 Å². The molecule has 0 aliphatic carbocycles. The lowest BCUT2D eigenvalue weighted by atomic mass is 10.1. The van der Waals surface area contributed by atoms with Gasteiger partial charge in [-0.15, -0.1) is 0 Å². The molecular weight excluding hydrogens is 282 g/mol. The van der Waals surface area contributed by atoms with Crippen LogP contribution in [-0.2, 0) is 6.42 Å². The zero-order valence-electron chi connectivity index (χ0n) is 10.4. The third kappa shape index (κ3) is 5.06. The molecule has 3 nitrogen and oxygen atoms in total. The highest BCUT2D eigenvalue weighted by molar-refractivity contribution is 9.10. The first-order valence-corrected chi connectivity index (χ1v) is 6.58. The van der Waals surface area contributed by atoms with Crippen molar-refractivity contribution in [2.24, 2.45) is 0 Å². The number of rotatable bonds is 7. The lowest BCUT2D eigenvalue weighted by Crippen LogP contribution is -2.23. The number of aliphatic hydroxyl groups excluding tert-OH is 1. The molecule has 0 aliphatic rings. The van der Waals surface area contributed by atoms with E-state index in [1.807, 2.05) is 12.1 Å². The van der Waals surface area contributed by atoms with Crippen LogP contribution in [0.3, 0.4) is 0 Å². The highest BCUT2D eigenvalue weighted by Crippen LogP contribution is 2.23. The van der Waals surface area contributed by atoms with Gasteiger partial charge in [-0.3, -0.25) is 0 Å². The maximum atomic E-state index is 8.77. The third-order valence-corrected chi connectivity index (χ3v) is 3.20. The number of nitrogens with zero attached hydrogens (tertiary/aromatic N) is 1. The summed E-state index contributed by atoms with van der Waals surface area (Å²) in [6, 6.07) is 6.06. The van der Waals surface area contributed by atoms with Crippen LogP contribution in [0.25, 0.3) is 0 Å². The third-order valence-electron chi connectivity index (χ3n) is 2.70. The van der Waals surface area contributed by atoms with Crippen LogP contribution in [0.15, 0.2) is 22.7 Å². The van der Waals surface area contributed by atoms with Crippen molar-refractivity contribution in [2.45, 2.75) is 12.8 Å². The second-order valence-corrected chi connectivity index (χ2v) is 5.00. The highest BCUT2D eigenvalue weighted by atomic mass is 79.9. The molecule has 0 saturated heterocycles. The molecule has 0 atom stereocenters. The van der Waals surface area contributed by atoms with Crippen LogP contribution in [0.4, 0.5) is 0 Å². The Balaban J connectivity index is 2.52. The minimum atomic E-state index is 0.255. The van der Waals surface area contributed by atoms with Crippen LogP contribution in [0.2, 0.25) is 0 Å². The molecule has 0 spiro atoms. The summed E-state index contributed by atoms with van der Waals surface area (Å²) in [4.78, 5) is 2.22. The van der Waals surface area contributed by atoms with Crippen molar-refractivity contribution >= 4 is 15.9 Å². The van der Waals surface area contributed by atoms with Crippen LogP contribution in [0, 0.1) is 0 Å². The van der Waals surface area contributed by atoms with Crippen molar-refractivity contribution in [1.82, 2.24) is 4.90 Å². The van der Waals surface area contributed by atoms with E-state index in [0.717, 1.165) is 36.2 Å². The van der Waals surface area contributed by atoms with Gasteiger partial charge in [-0.1, -0.05) is 15.9 Å². The molecular formula is C13H20BrNO2. The van der Waals surface area contributed by atoms with Crippen molar-refractivity contribution in [2.75, 3.05) is 33.9 Å². The number of likely N-dealkylation sites (N-methyl/N-ethyl adjacent to an activating group) is 1. The van der Waals surface area contributed by atoms with Crippen LogP contribution in [0.1, 0.15) is 12.0 Å². The second kappa shape index (κ2) is 7.69. The number of halogens is 1. The number of benzene rings is 1. The maximum Gasteiger partial charge on any atom is 0.122 e. The minimum absolute atomic E-state index is 0.255. The molecule has 0 unspecified atom stereocenters. The Kier molecular flexibility index (Phi) is 6.55. The number of methoxy groups -OCH3 is 1. The van der Waals surface area contributed by atoms with Gasteiger partial charge in [0.15, 0.2) is 0 Å². The standard InChI is InChI=1S/C13H20BrNO2/c1-15(7-3-9-16)8-6-11-10-12(14)4-5-13(11)17-2/h4-5,10,16H,3,6-9H2,1-2H3. The quantitative estimate of drug-likeness (QED) is 0.839. The predicted octanol–water partition coefficient (Wildman–Crippen LogP) is 2.31. The molecule has 1 aromatic carbocycles. The van der Waals surface area contributed by atoms with Crippen molar-refractivity contribution in [3.63, 3.8) is 0 Å². The van der Waals surface area contributed by atoms with E-state index in [2.05, 4.69) is 33.9 Å². The SMILES string of the molecule is COc1ccc(Br)cc1CCN(C)CCCO. The Labute approximate surface area is 112 Å². The second-order valence-electron chi connectivity index (χ2n) is 4.09. The van der Waals surface area contributed by atoms with E-state index in [1.165, 1.54) is 5.56 Å². The molecule has 4 heteroatoms. The van der Waals surface area contributed by atoms with Gasteiger partial charge in [0.25, 0.3) is 0 Å². The van der Waals surface area contributed by atoms with E-state index in [-0.39, 0.29) is 6.61 Å². The van der Waals surface area contributed by atoms with Crippen LogP contribution >= 0.6 is 15.9 Å². The van der Waals surface area contributed by atoms with Crippen LogP contribution in [0.5, 0.6) is 5.75 Å². The summed E-state index contributed by atoms with van der Waals surface area (Å²) >= 11 is 3.47. The monoisotopic (exact) mass is 301 g/mol. The highest BCUT2D eigenvalue weighted by Gasteiger charge is 2.05.